The predicted molar refractivity (Wildman–Crippen MR) is 106 cm³/mol. The molecule has 2 rings (SSSR count). The number of ether oxygens (including phenoxy) is 3. The molecule has 1 heterocycles. The summed E-state index contributed by atoms with van der Waals surface area (Å²) in [6.45, 7) is 5.34. The van der Waals surface area contributed by atoms with Crippen LogP contribution in [0.2, 0.25) is 0 Å². The van der Waals surface area contributed by atoms with Gasteiger partial charge in [-0.3, -0.25) is 9.69 Å². The van der Waals surface area contributed by atoms with Gasteiger partial charge in [-0.25, -0.2) is 0 Å². The van der Waals surface area contributed by atoms with E-state index < -0.39 is 0 Å². The lowest BCUT2D eigenvalue weighted by Gasteiger charge is -2.39. The third kappa shape index (κ3) is 4.83. The Kier molecular flexibility index (Phi) is 9.23. The van der Waals surface area contributed by atoms with Crippen LogP contribution in [0.15, 0.2) is 12.1 Å². The predicted octanol–water partition coefficient (Wildman–Crippen LogP) is 4.02. The number of hydrogen-bond donors (Lipinski definition) is 0. The number of fused-ring (bicyclic) bond motifs is 1. The third-order valence-corrected chi connectivity index (χ3v) is 5.01. The molecule has 0 fully saturated rings. The number of nitrogens with zero attached hydrogens (tertiary/aromatic N) is 1. The summed E-state index contributed by atoms with van der Waals surface area (Å²) in [6.07, 6.45) is 3.84. The van der Waals surface area contributed by atoms with Crippen molar-refractivity contribution in [2.75, 3.05) is 34.4 Å². The van der Waals surface area contributed by atoms with Crippen molar-refractivity contribution in [2.45, 2.75) is 45.6 Å². The van der Waals surface area contributed by atoms with E-state index in [-0.39, 0.29) is 30.3 Å². The van der Waals surface area contributed by atoms with Crippen molar-refractivity contribution in [2.24, 2.45) is 5.92 Å². The molecular formula is C20H32ClNO4. The van der Waals surface area contributed by atoms with Gasteiger partial charge in [0.15, 0.2) is 11.5 Å². The van der Waals surface area contributed by atoms with Crippen molar-refractivity contribution < 1.29 is 19.0 Å². The fourth-order valence-electron chi connectivity index (χ4n) is 3.70. The molecule has 2 atom stereocenters. The molecular weight excluding hydrogens is 354 g/mol. The van der Waals surface area contributed by atoms with Crippen molar-refractivity contribution in [1.82, 2.24) is 4.90 Å². The zero-order valence-corrected chi connectivity index (χ0v) is 17.4. The zero-order valence-electron chi connectivity index (χ0n) is 16.5. The largest absolute Gasteiger partial charge is 0.493 e. The van der Waals surface area contributed by atoms with E-state index in [0.29, 0.717) is 12.4 Å². The quantitative estimate of drug-likeness (QED) is 0.632. The van der Waals surface area contributed by atoms with E-state index in [1.165, 1.54) is 5.56 Å². The van der Waals surface area contributed by atoms with Crippen LogP contribution in [0.3, 0.4) is 0 Å². The summed E-state index contributed by atoms with van der Waals surface area (Å²) in [5.74, 6) is 1.18. The normalized spacial score (nSPS) is 17.7. The summed E-state index contributed by atoms with van der Waals surface area (Å²) in [5.41, 5.74) is 2.38. The highest BCUT2D eigenvalue weighted by atomic mass is 35.5. The highest BCUT2D eigenvalue weighted by Gasteiger charge is 2.37. The van der Waals surface area contributed by atoms with Crippen molar-refractivity contribution >= 4 is 18.4 Å². The average Bonchev–Trinajstić information content (AvgIpc) is 2.62. The number of rotatable bonds is 8. The van der Waals surface area contributed by atoms with Crippen molar-refractivity contribution in [3.63, 3.8) is 0 Å². The Bertz CT molecular complexity index is 593. The van der Waals surface area contributed by atoms with Gasteiger partial charge >= 0.3 is 5.97 Å². The summed E-state index contributed by atoms with van der Waals surface area (Å²) >= 11 is 0. The van der Waals surface area contributed by atoms with E-state index in [9.17, 15) is 4.79 Å². The van der Waals surface area contributed by atoms with E-state index in [0.717, 1.165) is 43.5 Å². The molecule has 0 spiro atoms. The lowest BCUT2D eigenvalue weighted by Crippen LogP contribution is -2.40. The van der Waals surface area contributed by atoms with Crippen molar-refractivity contribution in [3.05, 3.63) is 23.3 Å². The van der Waals surface area contributed by atoms with E-state index >= 15 is 0 Å². The van der Waals surface area contributed by atoms with Crippen LogP contribution in [-0.2, 0) is 16.0 Å². The molecule has 148 valence electrons. The van der Waals surface area contributed by atoms with E-state index in [4.69, 9.17) is 14.2 Å². The maximum absolute atomic E-state index is 12.7. The Labute approximate surface area is 163 Å². The monoisotopic (exact) mass is 385 g/mol. The first-order valence-electron chi connectivity index (χ1n) is 9.18. The molecule has 0 amide bonds. The van der Waals surface area contributed by atoms with Gasteiger partial charge in [-0.15, -0.1) is 12.4 Å². The molecule has 0 radical (unpaired) electrons. The Hall–Kier alpha value is -1.46. The summed E-state index contributed by atoms with van der Waals surface area (Å²) in [7, 11) is 5.38. The first-order chi connectivity index (χ1) is 12.1. The minimum absolute atomic E-state index is 0. The van der Waals surface area contributed by atoms with Gasteiger partial charge in [0.25, 0.3) is 0 Å². The van der Waals surface area contributed by atoms with Gasteiger partial charge in [0, 0.05) is 12.6 Å². The second-order valence-corrected chi connectivity index (χ2v) is 6.58. The van der Waals surface area contributed by atoms with Crippen LogP contribution in [0.4, 0.5) is 0 Å². The molecule has 5 nitrogen and oxygen atoms in total. The third-order valence-electron chi connectivity index (χ3n) is 5.01. The molecule has 0 saturated carbocycles. The smallest absolute Gasteiger partial charge is 0.310 e. The van der Waals surface area contributed by atoms with Crippen LogP contribution in [0.5, 0.6) is 11.5 Å². The molecule has 6 heteroatoms. The molecule has 0 aliphatic carbocycles. The standard InChI is InChI=1S/C20H31NO4.ClH/c1-6-8-9-15(20(22)25-7-2)19-16-13-18(24-5)17(23-4)12-14(16)10-11-21(19)3;/h12-13,15,19H,6-11H2,1-5H3;1H. The number of carbonyl (C=O) groups excluding carboxylic acids is 1. The van der Waals surface area contributed by atoms with Gasteiger partial charge in [0.2, 0.25) is 0 Å². The molecule has 1 aliphatic heterocycles. The Balaban J connectivity index is 0.00000338. The number of halogens is 1. The summed E-state index contributed by atoms with van der Waals surface area (Å²) < 4.78 is 16.3. The lowest BCUT2D eigenvalue weighted by molar-refractivity contribution is -0.151. The first-order valence-corrected chi connectivity index (χ1v) is 9.18. The van der Waals surface area contributed by atoms with Crippen LogP contribution in [0.25, 0.3) is 0 Å². The number of hydrogen-bond acceptors (Lipinski definition) is 5. The van der Waals surface area contributed by atoms with Gasteiger partial charge in [0.05, 0.1) is 26.7 Å². The Morgan fingerprint density at radius 3 is 2.46 bits per heavy atom. The maximum atomic E-state index is 12.7. The molecule has 0 aromatic heterocycles. The molecule has 1 aromatic carbocycles. The van der Waals surface area contributed by atoms with Crippen LogP contribution >= 0.6 is 12.4 Å². The van der Waals surface area contributed by atoms with E-state index in [2.05, 4.69) is 24.9 Å². The molecule has 1 aromatic rings. The van der Waals surface area contributed by atoms with Gasteiger partial charge < -0.3 is 14.2 Å². The zero-order chi connectivity index (χ0) is 18.4. The van der Waals surface area contributed by atoms with Crippen molar-refractivity contribution in [1.29, 1.82) is 0 Å². The number of unbranched alkanes of at least 4 members (excludes halogenated alkanes) is 1. The minimum atomic E-state index is -0.165. The summed E-state index contributed by atoms with van der Waals surface area (Å²) in [4.78, 5) is 14.9. The van der Waals surface area contributed by atoms with Crippen LogP contribution < -0.4 is 9.47 Å². The topological polar surface area (TPSA) is 48.0 Å². The Morgan fingerprint density at radius 2 is 1.88 bits per heavy atom. The maximum Gasteiger partial charge on any atom is 0.310 e. The van der Waals surface area contributed by atoms with Crippen LogP contribution in [0.1, 0.15) is 50.3 Å². The first kappa shape index (κ1) is 22.6. The fraction of sp³-hybridized carbons (Fsp3) is 0.650. The number of likely N-dealkylation sites (N-methyl/N-ethyl adjacent to an activating group) is 1. The van der Waals surface area contributed by atoms with E-state index in [1.807, 2.05) is 13.0 Å². The van der Waals surface area contributed by atoms with Gasteiger partial charge in [-0.2, -0.15) is 0 Å². The molecule has 2 unspecified atom stereocenters. The second-order valence-electron chi connectivity index (χ2n) is 6.58. The summed E-state index contributed by atoms with van der Waals surface area (Å²) in [5, 5.41) is 0. The average molecular weight is 386 g/mol. The minimum Gasteiger partial charge on any atom is -0.493 e. The molecule has 0 saturated heterocycles. The van der Waals surface area contributed by atoms with Crippen LogP contribution in [-0.4, -0.2) is 45.3 Å². The molecule has 0 bridgehead atoms. The van der Waals surface area contributed by atoms with Gasteiger partial charge in [-0.05, 0) is 50.1 Å². The van der Waals surface area contributed by atoms with Gasteiger partial charge in [-0.1, -0.05) is 19.8 Å². The lowest BCUT2D eigenvalue weighted by atomic mass is 9.82. The number of methoxy groups -OCH3 is 2. The summed E-state index contributed by atoms with van der Waals surface area (Å²) in [6, 6.07) is 4.09. The highest BCUT2D eigenvalue weighted by Crippen LogP contribution is 2.42. The fourth-order valence-corrected chi connectivity index (χ4v) is 3.70. The van der Waals surface area contributed by atoms with Crippen LogP contribution in [0, 0.1) is 5.92 Å². The highest BCUT2D eigenvalue weighted by molar-refractivity contribution is 5.85. The second kappa shape index (κ2) is 10.6. The molecule has 1 aliphatic rings. The van der Waals surface area contributed by atoms with E-state index in [1.54, 1.807) is 14.2 Å². The van der Waals surface area contributed by atoms with Crippen molar-refractivity contribution in [3.8, 4) is 11.5 Å². The molecule has 26 heavy (non-hydrogen) atoms. The number of benzene rings is 1. The Morgan fingerprint density at radius 1 is 1.23 bits per heavy atom. The number of carbonyl (C=O) groups is 1. The number of esters is 1. The van der Waals surface area contributed by atoms with Gasteiger partial charge in [0.1, 0.15) is 0 Å². The molecule has 0 N–H and O–H groups in total. The SMILES string of the molecule is CCCCC(C(=O)OCC)C1c2cc(OC)c(OC)cc2CCN1C.Cl.